The Labute approximate surface area is 75.0 Å². The van der Waals surface area contributed by atoms with E-state index in [-0.39, 0.29) is 6.04 Å². The van der Waals surface area contributed by atoms with Crippen molar-refractivity contribution >= 4 is 0 Å². The Balaban J connectivity index is 3.13. The van der Waals surface area contributed by atoms with Crippen molar-refractivity contribution in [2.24, 2.45) is 5.73 Å². The maximum atomic E-state index is 12.7. The maximum Gasteiger partial charge on any atom is 0.200 e. The van der Waals surface area contributed by atoms with Gasteiger partial charge in [-0.1, -0.05) is 6.92 Å². The number of halogens is 2. The Morgan fingerprint density at radius 1 is 1.46 bits per heavy atom. The van der Waals surface area contributed by atoms with Crippen LogP contribution in [0.2, 0.25) is 0 Å². The Kier molecular flexibility index (Phi) is 2.83. The highest BCUT2D eigenvalue weighted by Gasteiger charge is 2.12. The molecule has 1 unspecified atom stereocenters. The summed E-state index contributed by atoms with van der Waals surface area (Å²) in [6.45, 7) is 1.82. The van der Waals surface area contributed by atoms with Gasteiger partial charge in [0.2, 0.25) is 0 Å². The van der Waals surface area contributed by atoms with Gasteiger partial charge in [0, 0.05) is 6.04 Å². The highest BCUT2D eigenvalue weighted by Crippen LogP contribution is 2.24. The molecule has 0 spiro atoms. The van der Waals surface area contributed by atoms with Gasteiger partial charge in [0.05, 0.1) is 0 Å². The molecule has 4 heteroatoms. The first-order valence-corrected chi connectivity index (χ1v) is 3.99. The predicted molar refractivity (Wildman–Crippen MR) is 45.2 cm³/mol. The van der Waals surface area contributed by atoms with Crippen LogP contribution in [0.1, 0.15) is 24.9 Å². The third-order valence-corrected chi connectivity index (χ3v) is 1.90. The van der Waals surface area contributed by atoms with Gasteiger partial charge < -0.3 is 10.8 Å². The van der Waals surface area contributed by atoms with Gasteiger partial charge >= 0.3 is 0 Å². The third kappa shape index (κ3) is 1.95. The molecule has 0 aliphatic rings. The second kappa shape index (κ2) is 3.70. The molecule has 0 saturated heterocycles. The van der Waals surface area contributed by atoms with Crippen LogP contribution in [0.3, 0.4) is 0 Å². The van der Waals surface area contributed by atoms with Crippen LogP contribution in [0.25, 0.3) is 0 Å². The van der Waals surface area contributed by atoms with E-state index in [1.54, 1.807) is 0 Å². The number of hydrogen-bond acceptors (Lipinski definition) is 2. The topological polar surface area (TPSA) is 46.2 Å². The first-order valence-electron chi connectivity index (χ1n) is 3.99. The Morgan fingerprint density at radius 3 is 2.54 bits per heavy atom. The molecule has 0 bridgehead atoms. The van der Waals surface area contributed by atoms with E-state index in [2.05, 4.69) is 0 Å². The second-order valence-electron chi connectivity index (χ2n) is 2.85. The zero-order valence-electron chi connectivity index (χ0n) is 7.22. The minimum absolute atomic E-state index is 0.374. The number of nitrogens with two attached hydrogens (primary N) is 1. The maximum absolute atomic E-state index is 12.7. The van der Waals surface area contributed by atoms with E-state index < -0.39 is 17.4 Å². The number of phenolic OH excluding ortho intramolecular Hbond substituents is 1. The molecule has 0 fully saturated rings. The van der Waals surface area contributed by atoms with Crippen molar-refractivity contribution in [3.63, 3.8) is 0 Å². The van der Waals surface area contributed by atoms with E-state index in [1.807, 2.05) is 6.92 Å². The molecule has 2 nitrogen and oxygen atoms in total. The smallest absolute Gasteiger partial charge is 0.200 e. The predicted octanol–water partition coefficient (Wildman–Crippen LogP) is 2.08. The average molecular weight is 187 g/mol. The van der Waals surface area contributed by atoms with Crippen LogP contribution >= 0.6 is 0 Å². The number of benzene rings is 1. The fourth-order valence-electron chi connectivity index (χ4n) is 1.04. The summed E-state index contributed by atoms with van der Waals surface area (Å²) in [7, 11) is 0. The summed E-state index contributed by atoms with van der Waals surface area (Å²) in [5, 5.41) is 8.95. The molecule has 0 amide bonds. The van der Waals surface area contributed by atoms with Crippen molar-refractivity contribution in [3.8, 4) is 5.75 Å². The highest BCUT2D eigenvalue weighted by atomic mass is 19.2. The summed E-state index contributed by atoms with van der Waals surface area (Å²) < 4.78 is 25.4. The van der Waals surface area contributed by atoms with Gasteiger partial charge in [0.1, 0.15) is 0 Å². The van der Waals surface area contributed by atoms with E-state index in [9.17, 15) is 8.78 Å². The molecule has 0 aliphatic heterocycles. The van der Waals surface area contributed by atoms with Crippen molar-refractivity contribution in [1.82, 2.24) is 0 Å². The van der Waals surface area contributed by atoms with E-state index in [4.69, 9.17) is 10.8 Å². The van der Waals surface area contributed by atoms with Gasteiger partial charge in [-0.3, -0.25) is 0 Å². The van der Waals surface area contributed by atoms with Gasteiger partial charge in [-0.05, 0) is 24.1 Å². The van der Waals surface area contributed by atoms with Crippen molar-refractivity contribution in [2.45, 2.75) is 19.4 Å². The van der Waals surface area contributed by atoms with Crippen LogP contribution < -0.4 is 5.73 Å². The van der Waals surface area contributed by atoms with Gasteiger partial charge in [0.15, 0.2) is 17.4 Å². The van der Waals surface area contributed by atoms with E-state index >= 15 is 0 Å². The molecule has 1 aromatic rings. The Morgan fingerprint density at radius 2 is 2.08 bits per heavy atom. The minimum atomic E-state index is -1.23. The second-order valence-corrected chi connectivity index (χ2v) is 2.85. The SMILES string of the molecule is CCC(N)c1cc(O)c(F)c(F)c1. The normalized spacial score (nSPS) is 12.9. The summed E-state index contributed by atoms with van der Waals surface area (Å²) >= 11 is 0. The van der Waals surface area contributed by atoms with E-state index in [0.717, 1.165) is 12.1 Å². The zero-order valence-corrected chi connectivity index (χ0v) is 7.22. The third-order valence-electron chi connectivity index (χ3n) is 1.90. The largest absolute Gasteiger partial charge is 0.505 e. The van der Waals surface area contributed by atoms with Crippen LogP contribution in [-0.2, 0) is 0 Å². The molecule has 72 valence electrons. The van der Waals surface area contributed by atoms with Crippen LogP contribution in [0.4, 0.5) is 8.78 Å². The number of aromatic hydroxyl groups is 1. The highest BCUT2D eigenvalue weighted by molar-refractivity contribution is 5.31. The fraction of sp³-hybridized carbons (Fsp3) is 0.333. The summed E-state index contributed by atoms with van der Waals surface area (Å²) in [6.07, 6.45) is 0.602. The first kappa shape index (κ1) is 9.92. The van der Waals surface area contributed by atoms with E-state index in [1.165, 1.54) is 0 Å². The molecule has 1 rings (SSSR count). The minimum Gasteiger partial charge on any atom is -0.505 e. The fourth-order valence-corrected chi connectivity index (χ4v) is 1.04. The summed E-state index contributed by atoms with van der Waals surface area (Å²) in [5.74, 6) is -3.00. The van der Waals surface area contributed by atoms with E-state index in [0.29, 0.717) is 12.0 Å². The van der Waals surface area contributed by atoms with Crippen molar-refractivity contribution in [1.29, 1.82) is 0 Å². The zero-order chi connectivity index (χ0) is 10.0. The molecule has 0 saturated carbocycles. The lowest BCUT2D eigenvalue weighted by Gasteiger charge is -2.09. The lowest BCUT2D eigenvalue weighted by Crippen LogP contribution is -2.09. The monoisotopic (exact) mass is 187 g/mol. The molecular weight excluding hydrogens is 176 g/mol. The lowest BCUT2D eigenvalue weighted by atomic mass is 10.1. The average Bonchev–Trinajstić information content (AvgIpc) is 2.12. The summed E-state index contributed by atoms with van der Waals surface area (Å²) in [6, 6.07) is 1.77. The molecule has 13 heavy (non-hydrogen) atoms. The Hall–Kier alpha value is -1.16. The molecule has 0 aromatic heterocycles. The van der Waals surface area contributed by atoms with Gasteiger partial charge in [0.25, 0.3) is 0 Å². The summed E-state index contributed by atoms with van der Waals surface area (Å²) in [4.78, 5) is 0. The first-order chi connectivity index (χ1) is 6.06. The van der Waals surface area contributed by atoms with Gasteiger partial charge in [-0.15, -0.1) is 0 Å². The van der Waals surface area contributed by atoms with Gasteiger partial charge in [-0.25, -0.2) is 4.39 Å². The molecule has 1 atom stereocenters. The lowest BCUT2D eigenvalue weighted by molar-refractivity contribution is 0.404. The molecule has 3 N–H and O–H groups in total. The molecule has 0 radical (unpaired) electrons. The van der Waals surface area contributed by atoms with Crippen LogP contribution in [0.15, 0.2) is 12.1 Å². The Bertz CT molecular complexity index is 291. The van der Waals surface area contributed by atoms with Crippen LogP contribution in [0, 0.1) is 11.6 Å². The van der Waals surface area contributed by atoms with Crippen LogP contribution in [-0.4, -0.2) is 5.11 Å². The molecular formula is C9H11F2NO. The van der Waals surface area contributed by atoms with Crippen LogP contribution in [0.5, 0.6) is 5.75 Å². The van der Waals surface area contributed by atoms with Crippen molar-refractivity contribution < 1.29 is 13.9 Å². The number of phenols is 1. The van der Waals surface area contributed by atoms with Gasteiger partial charge in [-0.2, -0.15) is 4.39 Å². The quantitative estimate of drug-likeness (QED) is 0.744. The van der Waals surface area contributed by atoms with Crippen molar-refractivity contribution in [3.05, 3.63) is 29.3 Å². The van der Waals surface area contributed by atoms with Crippen molar-refractivity contribution in [2.75, 3.05) is 0 Å². The molecule has 0 aliphatic carbocycles. The summed E-state index contributed by atoms with van der Waals surface area (Å²) in [5.41, 5.74) is 5.98. The number of hydrogen-bond donors (Lipinski definition) is 2. The molecule has 1 aromatic carbocycles. The molecule has 0 heterocycles. The number of rotatable bonds is 2. The standard InChI is InChI=1S/C9H11F2NO/c1-2-7(12)5-3-6(10)9(11)8(13)4-5/h3-4,7,13H,2,12H2,1H3.